The molecule has 0 bridgehead atoms. The Balaban J connectivity index is 2.49. The van der Waals surface area contributed by atoms with Crippen molar-refractivity contribution < 1.29 is 4.74 Å². The second-order valence-corrected chi connectivity index (χ2v) is 3.56. The van der Waals surface area contributed by atoms with Gasteiger partial charge in [0.1, 0.15) is 22.3 Å². The number of rotatable bonds is 2. The minimum atomic E-state index is 0.257. The Kier molecular flexibility index (Phi) is 3.17. The molecular weight excluding hydrogens is 251 g/mol. The molecule has 0 fully saturated rings. The lowest BCUT2D eigenvalue weighted by Gasteiger charge is -2.02. The minimum absolute atomic E-state index is 0.257. The molecule has 0 aliphatic rings. The third-order valence-corrected chi connectivity index (χ3v) is 2.13. The van der Waals surface area contributed by atoms with Gasteiger partial charge in [-0.05, 0) is 0 Å². The Morgan fingerprint density at radius 2 is 1.75 bits per heavy atom. The van der Waals surface area contributed by atoms with Gasteiger partial charge in [-0.2, -0.15) is 0 Å². The van der Waals surface area contributed by atoms with Crippen molar-refractivity contribution >= 4 is 23.2 Å². The molecule has 0 aromatic carbocycles. The van der Waals surface area contributed by atoms with Crippen molar-refractivity contribution in [3.63, 3.8) is 0 Å². The molecule has 0 aliphatic heterocycles. The monoisotopic (exact) mass is 256 g/mol. The quantitative estimate of drug-likeness (QED) is 0.772. The maximum atomic E-state index is 5.76. The Morgan fingerprint density at radius 3 is 2.38 bits per heavy atom. The van der Waals surface area contributed by atoms with E-state index in [1.807, 2.05) is 0 Å². The molecule has 5 nitrogen and oxygen atoms in total. The van der Waals surface area contributed by atoms with Crippen LogP contribution < -0.4 is 4.74 Å². The Bertz CT molecular complexity index is 500. The molecule has 0 radical (unpaired) electrons. The zero-order valence-corrected chi connectivity index (χ0v) is 9.70. The summed E-state index contributed by atoms with van der Waals surface area (Å²) in [6.45, 7) is 0. The van der Waals surface area contributed by atoms with E-state index in [9.17, 15) is 0 Å². The first-order valence-electron chi connectivity index (χ1n) is 4.25. The molecule has 0 N–H and O–H groups in total. The largest absolute Gasteiger partial charge is 0.481 e. The van der Waals surface area contributed by atoms with Crippen molar-refractivity contribution in [2.75, 3.05) is 7.11 Å². The van der Waals surface area contributed by atoms with E-state index < -0.39 is 0 Å². The molecule has 2 aromatic rings. The van der Waals surface area contributed by atoms with Crippen molar-refractivity contribution in [2.24, 2.45) is 0 Å². The second-order valence-electron chi connectivity index (χ2n) is 2.78. The van der Waals surface area contributed by atoms with Crippen LogP contribution in [0.25, 0.3) is 11.5 Å². The predicted molar refractivity (Wildman–Crippen MR) is 59.6 cm³/mol. The van der Waals surface area contributed by atoms with Gasteiger partial charge in [-0.15, -0.1) is 0 Å². The maximum Gasteiger partial charge on any atom is 0.216 e. The van der Waals surface area contributed by atoms with Gasteiger partial charge in [-0.3, -0.25) is 0 Å². The zero-order chi connectivity index (χ0) is 11.5. The molecule has 0 spiro atoms. The maximum absolute atomic E-state index is 5.76. The average Bonchev–Trinajstić information content (AvgIpc) is 2.28. The highest BCUT2D eigenvalue weighted by Crippen LogP contribution is 2.20. The third kappa shape index (κ3) is 2.37. The third-order valence-electron chi connectivity index (χ3n) is 1.74. The van der Waals surface area contributed by atoms with Crippen LogP contribution in [0.1, 0.15) is 0 Å². The van der Waals surface area contributed by atoms with Crippen molar-refractivity contribution in [2.45, 2.75) is 0 Å². The van der Waals surface area contributed by atoms with Gasteiger partial charge in [0.05, 0.1) is 7.11 Å². The molecule has 0 unspecified atom stereocenters. The Labute approximate surface area is 101 Å². The van der Waals surface area contributed by atoms with Crippen LogP contribution in [0, 0.1) is 0 Å². The number of aromatic nitrogens is 4. The predicted octanol–water partition coefficient (Wildman–Crippen LogP) is 2.25. The number of hydrogen-bond acceptors (Lipinski definition) is 5. The molecule has 7 heteroatoms. The van der Waals surface area contributed by atoms with Crippen LogP contribution in [0.3, 0.4) is 0 Å². The fraction of sp³-hybridized carbons (Fsp3) is 0.111. The summed E-state index contributed by atoms with van der Waals surface area (Å²) in [4.78, 5) is 15.9. The lowest BCUT2D eigenvalue weighted by molar-refractivity contribution is 0.397. The first-order valence-corrected chi connectivity index (χ1v) is 5.01. The van der Waals surface area contributed by atoms with Gasteiger partial charge in [0.15, 0.2) is 5.82 Å². The first-order chi connectivity index (χ1) is 7.69. The molecule has 0 saturated heterocycles. The van der Waals surface area contributed by atoms with Crippen molar-refractivity contribution in [1.29, 1.82) is 0 Å². The van der Waals surface area contributed by atoms with Gasteiger partial charge in [-0.1, -0.05) is 23.2 Å². The fourth-order valence-corrected chi connectivity index (χ4v) is 1.50. The van der Waals surface area contributed by atoms with Crippen LogP contribution in [0.5, 0.6) is 5.88 Å². The van der Waals surface area contributed by atoms with Crippen LogP contribution in [-0.2, 0) is 0 Å². The highest BCUT2D eigenvalue weighted by atomic mass is 35.5. The van der Waals surface area contributed by atoms with Crippen LogP contribution in [-0.4, -0.2) is 27.0 Å². The van der Waals surface area contributed by atoms with Crippen molar-refractivity contribution in [3.05, 3.63) is 28.8 Å². The standard InChI is InChI=1S/C9H6Cl2N4O/c1-16-8-2-5(12-4-13-8)9-14-6(10)3-7(11)15-9/h2-4H,1H3. The van der Waals surface area contributed by atoms with Gasteiger partial charge < -0.3 is 4.74 Å². The molecule has 2 rings (SSSR count). The van der Waals surface area contributed by atoms with Gasteiger partial charge in [-0.25, -0.2) is 19.9 Å². The van der Waals surface area contributed by atoms with E-state index in [1.54, 1.807) is 6.07 Å². The van der Waals surface area contributed by atoms with Crippen LogP contribution in [0.4, 0.5) is 0 Å². The number of methoxy groups -OCH3 is 1. The molecule has 2 aromatic heterocycles. The molecular formula is C9H6Cl2N4O. The van der Waals surface area contributed by atoms with Gasteiger partial charge >= 0.3 is 0 Å². The summed E-state index contributed by atoms with van der Waals surface area (Å²) in [5, 5.41) is 0.514. The molecule has 0 atom stereocenters. The fourth-order valence-electron chi connectivity index (χ4n) is 1.08. The summed E-state index contributed by atoms with van der Waals surface area (Å²) in [5.41, 5.74) is 0.497. The summed E-state index contributed by atoms with van der Waals surface area (Å²) in [6, 6.07) is 3.05. The van der Waals surface area contributed by atoms with Crippen molar-refractivity contribution in [3.8, 4) is 17.4 Å². The van der Waals surface area contributed by atoms with Crippen molar-refractivity contribution in [1.82, 2.24) is 19.9 Å². The normalized spacial score (nSPS) is 10.2. The summed E-state index contributed by atoms with van der Waals surface area (Å²) >= 11 is 11.5. The summed E-state index contributed by atoms with van der Waals surface area (Å²) in [6.07, 6.45) is 1.35. The zero-order valence-electron chi connectivity index (χ0n) is 8.19. The van der Waals surface area contributed by atoms with E-state index in [4.69, 9.17) is 27.9 Å². The average molecular weight is 257 g/mol. The van der Waals surface area contributed by atoms with E-state index in [0.717, 1.165) is 0 Å². The molecule has 0 amide bonds. The van der Waals surface area contributed by atoms with Crippen LogP contribution in [0.2, 0.25) is 10.3 Å². The molecule has 0 saturated carbocycles. The lowest BCUT2D eigenvalue weighted by atomic mass is 10.4. The van der Waals surface area contributed by atoms with E-state index in [0.29, 0.717) is 17.4 Å². The molecule has 0 aliphatic carbocycles. The van der Waals surface area contributed by atoms with Crippen LogP contribution >= 0.6 is 23.2 Å². The highest BCUT2D eigenvalue weighted by molar-refractivity contribution is 6.33. The topological polar surface area (TPSA) is 60.8 Å². The lowest BCUT2D eigenvalue weighted by Crippen LogP contribution is -1.95. The minimum Gasteiger partial charge on any atom is -0.481 e. The second kappa shape index (κ2) is 4.59. The molecule has 2 heterocycles. The summed E-state index contributed by atoms with van der Waals surface area (Å²) in [7, 11) is 1.51. The van der Waals surface area contributed by atoms with E-state index in [2.05, 4.69) is 19.9 Å². The summed E-state index contributed by atoms with van der Waals surface area (Å²) < 4.78 is 4.96. The Morgan fingerprint density at radius 1 is 1.06 bits per heavy atom. The summed E-state index contributed by atoms with van der Waals surface area (Å²) in [5.74, 6) is 0.753. The Hall–Kier alpha value is -1.46. The SMILES string of the molecule is COc1cc(-c2nc(Cl)cc(Cl)n2)ncn1. The smallest absolute Gasteiger partial charge is 0.216 e. The van der Waals surface area contributed by atoms with E-state index in [-0.39, 0.29) is 10.3 Å². The molecule has 82 valence electrons. The molecule has 16 heavy (non-hydrogen) atoms. The number of halogens is 2. The van der Waals surface area contributed by atoms with Gasteiger partial charge in [0, 0.05) is 12.1 Å². The van der Waals surface area contributed by atoms with Gasteiger partial charge in [0.2, 0.25) is 5.88 Å². The number of nitrogens with zero attached hydrogens (tertiary/aromatic N) is 4. The van der Waals surface area contributed by atoms with E-state index in [1.165, 1.54) is 19.5 Å². The first kappa shape index (κ1) is 11.0. The number of ether oxygens (including phenoxy) is 1. The number of hydrogen-bond donors (Lipinski definition) is 0. The van der Waals surface area contributed by atoms with E-state index >= 15 is 0 Å². The van der Waals surface area contributed by atoms with Gasteiger partial charge in [0.25, 0.3) is 0 Å². The highest BCUT2D eigenvalue weighted by Gasteiger charge is 2.07. The van der Waals surface area contributed by atoms with Crippen LogP contribution in [0.15, 0.2) is 18.5 Å².